The van der Waals surface area contributed by atoms with Crippen LogP contribution >= 0.6 is 39.1 Å². The van der Waals surface area contributed by atoms with E-state index >= 15 is 0 Å². The van der Waals surface area contributed by atoms with Crippen molar-refractivity contribution < 1.29 is 4.74 Å². The molecule has 0 saturated carbocycles. The van der Waals surface area contributed by atoms with Crippen LogP contribution in [-0.2, 0) is 0 Å². The van der Waals surface area contributed by atoms with Crippen molar-refractivity contribution in [1.29, 1.82) is 5.26 Å². The van der Waals surface area contributed by atoms with Crippen LogP contribution in [-0.4, -0.2) is 0 Å². The average molecular weight is 343 g/mol. The first-order valence-electron chi connectivity index (χ1n) is 4.92. The summed E-state index contributed by atoms with van der Waals surface area (Å²) in [7, 11) is 0. The molecule has 0 radical (unpaired) electrons. The van der Waals surface area contributed by atoms with Gasteiger partial charge < -0.3 is 4.74 Å². The second-order valence-electron chi connectivity index (χ2n) is 3.46. The summed E-state index contributed by atoms with van der Waals surface area (Å²) in [6.45, 7) is 0. The summed E-state index contributed by atoms with van der Waals surface area (Å²) < 4.78 is 6.42. The quantitative estimate of drug-likeness (QED) is 0.730. The summed E-state index contributed by atoms with van der Waals surface area (Å²) in [5.41, 5.74) is 0.431. The summed E-state index contributed by atoms with van der Waals surface area (Å²) >= 11 is 15.1. The predicted molar refractivity (Wildman–Crippen MR) is 75.4 cm³/mol. The highest BCUT2D eigenvalue weighted by Crippen LogP contribution is 2.31. The van der Waals surface area contributed by atoms with Crippen molar-refractivity contribution in [2.24, 2.45) is 0 Å². The summed E-state index contributed by atoms with van der Waals surface area (Å²) in [6.07, 6.45) is 0. The van der Waals surface area contributed by atoms with Crippen molar-refractivity contribution in [3.8, 4) is 17.6 Å². The van der Waals surface area contributed by atoms with Crippen molar-refractivity contribution in [3.63, 3.8) is 0 Å². The molecule has 0 aliphatic carbocycles. The molecular weight excluding hydrogens is 337 g/mol. The Balaban J connectivity index is 2.37. The smallest absolute Gasteiger partial charge is 0.145 e. The minimum absolute atomic E-state index is 0.431. The number of nitriles is 1. The number of halogens is 3. The van der Waals surface area contributed by atoms with Gasteiger partial charge in [-0.25, -0.2) is 0 Å². The van der Waals surface area contributed by atoms with E-state index in [-0.39, 0.29) is 0 Å². The molecule has 0 aliphatic rings. The summed E-state index contributed by atoms with van der Waals surface area (Å²) in [6, 6.07) is 12.1. The third-order valence-electron chi connectivity index (χ3n) is 2.13. The van der Waals surface area contributed by atoms with E-state index in [0.29, 0.717) is 27.1 Å². The Hall–Kier alpha value is -1.21. The van der Waals surface area contributed by atoms with Gasteiger partial charge in [-0.3, -0.25) is 0 Å². The molecule has 0 bridgehead atoms. The van der Waals surface area contributed by atoms with Gasteiger partial charge in [0, 0.05) is 14.5 Å². The van der Waals surface area contributed by atoms with E-state index in [0.717, 1.165) is 4.47 Å². The maximum absolute atomic E-state index is 9.03. The number of nitrogens with zero attached hydrogens (tertiary/aromatic N) is 1. The van der Waals surface area contributed by atoms with Gasteiger partial charge >= 0.3 is 0 Å². The van der Waals surface area contributed by atoms with Crippen LogP contribution in [0.15, 0.2) is 40.9 Å². The van der Waals surface area contributed by atoms with Crippen molar-refractivity contribution >= 4 is 39.1 Å². The van der Waals surface area contributed by atoms with Crippen LogP contribution in [0.3, 0.4) is 0 Å². The highest BCUT2D eigenvalue weighted by Gasteiger charge is 2.06. The summed E-state index contributed by atoms with van der Waals surface area (Å²) in [5.74, 6) is 0.949. The number of rotatable bonds is 2. The van der Waals surface area contributed by atoms with Crippen LogP contribution in [0.2, 0.25) is 10.0 Å². The molecule has 0 fully saturated rings. The van der Waals surface area contributed by atoms with Gasteiger partial charge in [0.2, 0.25) is 0 Å². The molecule has 90 valence electrons. The third kappa shape index (κ3) is 3.17. The van der Waals surface area contributed by atoms with E-state index in [1.54, 1.807) is 36.4 Å². The number of benzene rings is 2. The van der Waals surface area contributed by atoms with Gasteiger partial charge in [0.15, 0.2) is 0 Å². The van der Waals surface area contributed by atoms with Crippen LogP contribution in [0.1, 0.15) is 5.56 Å². The Morgan fingerprint density at radius 3 is 2.33 bits per heavy atom. The second kappa shape index (κ2) is 5.62. The lowest BCUT2D eigenvalue weighted by Crippen LogP contribution is -1.88. The van der Waals surface area contributed by atoms with E-state index in [1.807, 2.05) is 0 Å². The Bertz CT molecular complexity index is 617. The van der Waals surface area contributed by atoms with Crippen LogP contribution in [0.4, 0.5) is 0 Å². The lowest BCUT2D eigenvalue weighted by atomic mass is 10.2. The maximum Gasteiger partial charge on any atom is 0.145 e. The van der Waals surface area contributed by atoms with Gasteiger partial charge in [-0.1, -0.05) is 39.1 Å². The topological polar surface area (TPSA) is 33.0 Å². The van der Waals surface area contributed by atoms with Gasteiger partial charge in [0.05, 0.1) is 5.56 Å². The maximum atomic E-state index is 9.03. The van der Waals surface area contributed by atoms with Crippen molar-refractivity contribution in [3.05, 3.63) is 56.5 Å². The van der Waals surface area contributed by atoms with E-state index in [9.17, 15) is 0 Å². The van der Waals surface area contributed by atoms with Gasteiger partial charge in [0.1, 0.15) is 17.6 Å². The first-order chi connectivity index (χ1) is 8.58. The monoisotopic (exact) mass is 341 g/mol. The molecule has 2 aromatic carbocycles. The van der Waals surface area contributed by atoms with E-state index in [4.69, 9.17) is 33.2 Å². The molecule has 0 aliphatic heterocycles. The van der Waals surface area contributed by atoms with Crippen molar-refractivity contribution in [2.75, 3.05) is 0 Å². The summed E-state index contributed by atoms with van der Waals surface area (Å²) in [5, 5.41) is 9.99. The Kier molecular flexibility index (Phi) is 4.13. The van der Waals surface area contributed by atoms with Gasteiger partial charge in [-0.2, -0.15) is 5.26 Å². The second-order valence-corrected chi connectivity index (χ2v) is 5.25. The Morgan fingerprint density at radius 2 is 1.72 bits per heavy atom. The highest BCUT2D eigenvalue weighted by molar-refractivity contribution is 9.10. The van der Waals surface area contributed by atoms with Gasteiger partial charge in [-0.15, -0.1) is 0 Å². The molecule has 2 aromatic rings. The van der Waals surface area contributed by atoms with Gasteiger partial charge in [-0.05, 0) is 36.4 Å². The zero-order valence-electron chi connectivity index (χ0n) is 8.95. The number of hydrogen-bond donors (Lipinski definition) is 0. The molecule has 0 amide bonds. The summed E-state index contributed by atoms with van der Waals surface area (Å²) in [4.78, 5) is 0. The lowest BCUT2D eigenvalue weighted by molar-refractivity contribution is 0.481. The number of ether oxygens (including phenoxy) is 1. The third-order valence-corrected chi connectivity index (χ3v) is 3.06. The van der Waals surface area contributed by atoms with E-state index in [1.165, 1.54) is 0 Å². The largest absolute Gasteiger partial charge is 0.456 e. The molecule has 0 saturated heterocycles. The minimum atomic E-state index is 0.431. The average Bonchev–Trinajstić information content (AvgIpc) is 2.30. The van der Waals surface area contributed by atoms with E-state index < -0.39 is 0 Å². The fraction of sp³-hybridized carbons (Fsp3) is 0. The number of hydrogen-bond acceptors (Lipinski definition) is 2. The highest BCUT2D eigenvalue weighted by atomic mass is 79.9. The van der Waals surface area contributed by atoms with Crippen LogP contribution in [0, 0.1) is 11.3 Å². The molecule has 0 spiro atoms. The molecule has 0 unspecified atom stereocenters. The molecule has 2 rings (SSSR count). The Labute approximate surface area is 123 Å². The first-order valence-corrected chi connectivity index (χ1v) is 6.47. The van der Waals surface area contributed by atoms with Crippen LogP contribution < -0.4 is 4.74 Å². The zero-order valence-corrected chi connectivity index (χ0v) is 12.1. The first kappa shape index (κ1) is 13.2. The van der Waals surface area contributed by atoms with Crippen molar-refractivity contribution in [1.82, 2.24) is 0 Å². The molecule has 5 heteroatoms. The zero-order chi connectivity index (χ0) is 13.1. The standard InChI is InChI=1S/C13H6BrCl2NO/c14-9-1-2-13(8(3-9)7-17)18-12-5-10(15)4-11(16)6-12/h1-6H. The molecule has 0 aromatic heterocycles. The SMILES string of the molecule is N#Cc1cc(Br)ccc1Oc1cc(Cl)cc(Cl)c1. The fourth-order valence-electron chi connectivity index (χ4n) is 1.39. The normalized spacial score (nSPS) is 9.89. The molecule has 0 atom stereocenters. The lowest BCUT2D eigenvalue weighted by Gasteiger charge is -2.08. The molecular formula is C13H6BrCl2NO. The fourth-order valence-corrected chi connectivity index (χ4v) is 2.26. The van der Waals surface area contributed by atoms with Crippen LogP contribution in [0.25, 0.3) is 0 Å². The molecule has 2 nitrogen and oxygen atoms in total. The molecule has 18 heavy (non-hydrogen) atoms. The van der Waals surface area contributed by atoms with Crippen molar-refractivity contribution in [2.45, 2.75) is 0 Å². The minimum Gasteiger partial charge on any atom is -0.456 e. The van der Waals surface area contributed by atoms with Crippen LogP contribution in [0.5, 0.6) is 11.5 Å². The Morgan fingerprint density at radius 1 is 1.06 bits per heavy atom. The predicted octanol–water partition coefficient (Wildman–Crippen LogP) is 5.42. The molecule has 0 heterocycles. The van der Waals surface area contributed by atoms with E-state index in [2.05, 4.69) is 22.0 Å². The molecule has 0 N–H and O–H groups in total. The van der Waals surface area contributed by atoms with Gasteiger partial charge in [0.25, 0.3) is 0 Å².